The van der Waals surface area contributed by atoms with Gasteiger partial charge in [0.2, 0.25) is 0 Å². The summed E-state index contributed by atoms with van der Waals surface area (Å²) in [5.41, 5.74) is 0. The summed E-state index contributed by atoms with van der Waals surface area (Å²) in [5, 5.41) is 0. The van der Waals surface area contributed by atoms with E-state index in [0.717, 1.165) is 38.5 Å². The van der Waals surface area contributed by atoms with Crippen molar-refractivity contribution in [3.8, 4) is 0 Å². The van der Waals surface area contributed by atoms with E-state index in [0.29, 0.717) is 49.8 Å². The van der Waals surface area contributed by atoms with Crippen LogP contribution in [0.5, 0.6) is 0 Å². The molecule has 0 heterocycles. The number of unbranched alkanes of at least 4 members (excludes halogenated alkanes) is 2. The third kappa shape index (κ3) is 10.1. The van der Waals surface area contributed by atoms with E-state index < -0.39 is 0 Å². The van der Waals surface area contributed by atoms with Crippen LogP contribution >= 0.6 is 0 Å². The van der Waals surface area contributed by atoms with Gasteiger partial charge in [-0.25, -0.2) is 0 Å². The second-order valence-corrected chi connectivity index (χ2v) is 5.46. The average Bonchev–Trinajstić information content (AvgIpc) is 2.61. The molecule has 0 aliphatic carbocycles. The number of hydrogen-bond donors (Lipinski definition) is 0. The molecule has 0 unspecified atom stereocenters. The fourth-order valence-electron chi connectivity index (χ4n) is 2.14. The second-order valence-electron chi connectivity index (χ2n) is 5.46. The zero-order valence-corrected chi connectivity index (χ0v) is 17.1. The molecular weight excluding hydrogens is 320 g/mol. The minimum absolute atomic E-state index is 0.472. The number of ether oxygens (including phenoxy) is 5. The number of allylic oxidation sites excluding steroid dienone is 2. The van der Waals surface area contributed by atoms with E-state index in [2.05, 4.69) is 13.8 Å². The van der Waals surface area contributed by atoms with Crippen molar-refractivity contribution in [3.05, 3.63) is 23.4 Å². The van der Waals surface area contributed by atoms with Gasteiger partial charge in [0.25, 0.3) is 0 Å². The van der Waals surface area contributed by atoms with E-state index in [1.807, 2.05) is 27.7 Å². The summed E-state index contributed by atoms with van der Waals surface area (Å²) in [6.45, 7) is 14.2. The molecule has 0 saturated carbocycles. The number of rotatable bonds is 16. The first kappa shape index (κ1) is 23.5. The maximum atomic E-state index is 6.25. The SMILES string of the molecule is CCCCC(OC(CCCC)=C(OCC)OCC)=C(OCC)OCC. The molecule has 0 aliphatic rings. The number of hydrogen-bond acceptors (Lipinski definition) is 5. The van der Waals surface area contributed by atoms with Crippen molar-refractivity contribution in [2.75, 3.05) is 26.4 Å². The van der Waals surface area contributed by atoms with Gasteiger partial charge >= 0.3 is 11.9 Å². The van der Waals surface area contributed by atoms with Gasteiger partial charge in [0.15, 0.2) is 11.5 Å². The lowest BCUT2D eigenvalue weighted by molar-refractivity contribution is 0.00839. The Morgan fingerprint density at radius 2 is 0.840 bits per heavy atom. The van der Waals surface area contributed by atoms with Gasteiger partial charge in [-0.3, -0.25) is 0 Å². The molecule has 5 heteroatoms. The van der Waals surface area contributed by atoms with Crippen molar-refractivity contribution >= 4 is 0 Å². The topological polar surface area (TPSA) is 46.2 Å². The standard InChI is InChI=1S/C20H38O5/c1-7-13-15-17(19(21-9-3)22-10-4)25-18(16-14-8-2)20(23-11-5)24-12-6/h7-16H2,1-6H3. The second kappa shape index (κ2) is 16.0. The van der Waals surface area contributed by atoms with Gasteiger partial charge in [0, 0.05) is 12.8 Å². The molecule has 0 saturated heterocycles. The maximum absolute atomic E-state index is 6.25. The van der Waals surface area contributed by atoms with E-state index in [1.165, 1.54) is 0 Å². The molecule has 0 amide bonds. The fourth-order valence-corrected chi connectivity index (χ4v) is 2.14. The molecule has 0 radical (unpaired) electrons. The molecule has 0 aliphatic heterocycles. The Morgan fingerprint density at radius 3 is 1.08 bits per heavy atom. The third-order valence-electron chi connectivity index (χ3n) is 3.32. The average molecular weight is 359 g/mol. The first-order valence-corrected chi connectivity index (χ1v) is 9.83. The molecule has 0 atom stereocenters. The summed E-state index contributed by atoms with van der Waals surface area (Å²) in [7, 11) is 0. The predicted molar refractivity (Wildman–Crippen MR) is 101 cm³/mol. The van der Waals surface area contributed by atoms with Crippen LogP contribution in [0.1, 0.15) is 80.1 Å². The third-order valence-corrected chi connectivity index (χ3v) is 3.32. The van der Waals surface area contributed by atoms with Gasteiger partial charge in [-0.15, -0.1) is 0 Å². The van der Waals surface area contributed by atoms with Crippen LogP contribution in [0, 0.1) is 0 Å². The molecule has 0 aromatic carbocycles. The largest absolute Gasteiger partial charge is 0.463 e. The monoisotopic (exact) mass is 358 g/mol. The van der Waals surface area contributed by atoms with Crippen LogP contribution in [0.4, 0.5) is 0 Å². The fraction of sp³-hybridized carbons (Fsp3) is 0.800. The summed E-state index contributed by atoms with van der Waals surface area (Å²) in [6, 6.07) is 0. The lowest BCUT2D eigenvalue weighted by Gasteiger charge is -2.20. The van der Waals surface area contributed by atoms with Crippen LogP contribution in [-0.2, 0) is 23.7 Å². The van der Waals surface area contributed by atoms with Crippen molar-refractivity contribution < 1.29 is 23.7 Å². The molecular formula is C20H38O5. The van der Waals surface area contributed by atoms with Gasteiger partial charge in [-0.2, -0.15) is 0 Å². The molecule has 148 valence electrons. The van der Waals surface area contributed by atoms with Crippen LogP contribution < -0.4 is 0 Å². The molecule has 0 fully saturated rings. The van der Waals surface area contributed by atoms with Gasteiger partial charge in [0.1, 0.15) is 0 Å². The molecule has 0 N–H and O–H groups in total. The van der Waals surface area contributed by atoms with E-state index in [1.54, 1.807) is 0 Å². The Bertz CT molecular complexity index is 336. The Labute approximate surface area is 154 Å². The van der Waals surface area contributed by atoms with Gasteiger partial charge in [0.05, 0.1) is 26.4 Å². The minimum atomic E-state index is 0.472. The summed E-state index contributed by atoms with van der Waals surface area (Å²) in [5.74, 6) is 2.38. The highest BCUT2D eigenvalue weighted by Gasteiger charge is 2.18. The lowest BCUT2D eigenvalue weighted by atomic mass is 10.2. The van der Waals surface area contributed by atoms with Crippen molar-refractivity contribution in [3.63, 3.8) is 0 Å². The summed E-state index contributed by atoms with van der Waals surface area (Å²) in [6.07, 6.45) is 5.64. The van der Waals surface area contributed by atoms with Crippen LogP contribution in [-0.4, -0.2) is 26.4 Å². The van der Waals surface area contributed by atoms with Crippen molar-refractivity contribution in [2.45, 2.75) is 80.1 Å². The van der Waals surface area contributed by atoms with Crippen molar-refractivity contribution in [1.82, 2.24) is 0 Å². The summed E-state index contributed by atoms with van der Waals surface area (Å²) in [4.78, 5) is 0. The molecule has 0 aromatic heterocycles. The predicted octanol–water partition coefficient (Wildman–Crippen LogP) is 5.87. The molecule has 0 bridgehead atoms. The highest BCUT2D eigenvalue weighted by Crippen LogP contribution is 2.25. The zero-order chi connectivity index (χ0) is 18.9. The molecule has 25 heavy (non-hydrogen) atoms. The van der Waals surface area contributed by atoms with Crippen LogP contribution in [0.3, 0.4) is 0 Å². The van der Waals surface area contributed by atoms with Crippen molar-refractivity contribution in [2.24, 2.45) is 0 Å². The molecule has 0 aromatic rings. The lowest BCUT2D eigenvalue weighted by Crippen LogP contribution is -2.10. The Hall–Kier alpha value is -1.52. The van der Waals surface area contributed by atoms with Gasteiger partial charge in [-0.1, -0.05) is 26.7 Å². The zero-order valence-electron chi connectivity index (χ0n) is 17.1. The Kier molecular flexibility index (Phi) is 15.0. The van der Waals surface area contributed by atoms with E-state index in [-0.39, 0.29) is 0 Å². The molecule has 5 nitrogen and oxygen atoms in total. The molecule has 0 spiro atoms. The Balaban J connectivity index is 5.67. The van der Waals surface area contributed by atoms with Crippen LogP contribution in [0.25, 0.3) is 0 Å². The van der Waals surface area contributed by atoms with E-state index >= 15 is 0 Å². The normalized spacial score (nSPS) is 10.0. The summed E-state index contributed by atoms with van der Waals surface area (Å²) >= 11 is 0. The van der Waals surface area contributed by atoms with Crippen molar-refractivity contribution in [1.29, 1.82) is 0 Å². The summed E-state index contributed by atoms with van der Waals surface area (Å²) < 4.78 is 28.9. The minimum Gasteiger partial charge on any atom is -0.463 e. The van der Waals surface area contributed by atoms with Gasteiger partial charge < -0.3 is 23.7 Å². The van der Waals surface area contributed by atoms with Gasteiger partial charge in [-0.05, 0) is 40.5 Å². The van der Waals surface area contributed by atoms with E-state index in [9.17, 15) is 0 Å². The quantitative estimate of drug-likeness (QED) is 0.323. The first-order valence-electron chi connectivity index (χ1n) is 9.83. The highest BCUT2D eigenvalue weighted by molar-refractivity contribution is 5.05. The smallest absolute Gasteiger partial charge is 0.319 e. The molecule has 0 rings (SSSR count). The van der Waals surface area contributed by atoms with E-state index in [4.69, 9.17) is 23.7 Å². The first-order chi connectivity index (χ1) is 12.2. The maximum Gasteiger partial charge on any atom is 0.319 e. The Morgan fingerprint density at radius 1 is 0.520 bits per heavy atom. The highest BCUT2D eigenvalue weighted by atomic mass is 16.7. The van der Waals surface area contributed by atoms with Crippen LogP contribution in [0.2, 0.25) is 0 Å². The van der Waals surface area contributed by atoms with Crippen LogP contribution in [0.15, 0.2) is 23.4 Å².